The van der Waals surface area contributed by atoms with Crippen LogP contribution in [0.2, 0.25) is 0 Å². The molecule has 0 spiro atoms. The van der Waals surface area contributed by atoms with Crippen molar-refractivity contribution in [2.24, 2.45) is 0 Å². The number of unbranched alkanes of at least 4 members (excludes halogenated alkanes) is 13. The van der Waals surface area contributed by atoms with Crippen molar-refractivity contribution in [1.29, 1.82) is 0 Å². The highest BCUT2D eigenvalue weighted by molar-refractivity contribution is 5.93. The third-order valence-electron chi connectivity index (χ3n) is 8.64. The number of benzene rings is 3. The normalized spacial score (nSPS) is 11.6. The van der Waals surface area contributed by atoms with Crippen LogP contribution in [0.1, 0.15) is 143 Å². The van der Waals surface area contributed by atoms with E-state index in [4.69, 9.17) is 14.2 Å². The SMILES string of the molecule is CCCCCCCCCCCCOC(=O)[C@H](C)OC(=O)c1ccc(OC(=O)c2ccc(-c3ccc(CCCCCCC)cc3)cc2)cc1. The minimum atomic E-state index is -1.01. The number of hydrogen-bond donors (Lipinski definition) is 0. The summed E-state index contributed by atoms with van der Waals surface area (Å²) in [6, 6.07) is 22.0. The molecule has 0 saturated heterocycles. The molecule has 0 aromatic heterocycles. The number of ether oxygens (including phenoxy) is 3. The summed E-state index contributed by atoms with van der Waals surface area (Å²) in [5.41, 5.74) is 4.15. The average molecular weight is 657 g/mol. The van der Waals surface area contributed by atoms with Crippen molar-refractivity contribution >= 4 is 17.9 Å². The first-order chi connectivity index (χ1) is 23.4. The molecule has 3 rings (SSSR count). The summed E-state index contributed by atoms with van der Waals surface area (Å²) in [6.07, 6.45) is 18.5. The molecule has 0 aliphatic carbocycles. The molecule has 48 heavy (non-hydrogen) atoms. The Morgan fingerprint density at radius 3 is 1.56 bits per heavy atom. The highest BCUT2D eigenvalue weighted by Crippen LogP contribution is 2.23. The van der Waals surface area contributed by atoms with Crippen LogP contribution in [-0.2, 0) is 20.7 Å². The summed E-state index contributed by atoms with van der Waals surface area (Å²) in [7, 11) is 0. The summed E-state index contributed by atoms with van der Waals surface area (Å²) in [5, 5.41) is 0. The number of hydrogen-bond acceptors (Lipinski definition) is 6. The van der Waals surface area contributed by atoms with E-state index in [-0.39, 0.29) is 5.56 Å². The van der Waals surface area contributed by atoms with Crippen LogP contribution in [0.15, 0.2) is 72.8 Å². The number of carbonyl (C=O) groups is 3. The van der Waals surface area contributed by atoms with Crippen molar-refractivity contribution < 1.29 is 28.6 Å². The van der Waals surface area contributed by atoms with Crippen molar-refractivity contribution in [3.8, 4) is 16.9 Å². The Kier molecular flexibility index (Phi) is 18.1. The summed E-state index contributed by atoms with van der Waals surface area (Å²) in [6.45, 7) is 6.30. The molecule has 6 nitrogen and oxygen atoms in total. The van der Waals surface area contributed by atoms with E-state index in [1.54, 1.807) is 12.1 Å². The molecule has 0 aliphatic rings. The second-order valence-electron chi connectivity index (χ2n) is 12.7. The maximum absolute atomic E-state index is 12.8. The maximum atomic E-state index is 12.8. The van der Waals surface area contributed by atoms with Gasteiger partial charge < -0.3 is 14.2 Å². The molecule has 0 saturated carbocycles. The molecule has 3 aromatic rings. The van der Waals surface area contributed by atoms with Gasteiger partial charge >= 0.3 is 17.9 Å². The lowest BCUT2D eigenvalue weighted by Crippen LogP contribution is -2.26. The van der Waals surface area contributed by atoms with E-state index in [0.717, 1.165) is 36.8 Å². The van der Waals surface area contributed by atoms with Crippen molar-refractivity contribution in [2.75, 3.05) is 6.61 Å². The maximum Gasteiger partial charge on any atom is 0.347 e. The van der Waals surface area contributed by atoms with E-state index in [0.29, 0.717) is 17.9 Å². The Labute approximate surface area is 288 Å². The third kappa shape index (κ3) is 14.5. The van der Waals surface area contributed by atoms with Crippen LogP contribution >= 0.6 is 0 Å². The summed E-state index contributed by atoms with van der Waals surface area (Å²) < 4.78 is 16.1. The lowest BCUT2D eigenvalue weighted by Gasteiger charge is -2.13. The number of rotatable bonds is 23. The Morgan fingerprint density at radius 1 is 0.542 bits per heavy atom. The zero-order chi connectivity index (χ0) is 34.4. The topological polar surface area (TPSA) is 78.9 Å². The van der Waals surface area contributed by atoms with E-state index in [1.165, 1.54) is 114 Å². The van der Waals surface area contributed by atoms with E-state index in [9.17, 15) is 14.4 Å². The van der Waals surface area contributed by atoms with Gasteiger partial charge in [0.25, 0.3) is 0 Å². The molecule has 0 N–H and O–H groups in total. The zero-order valence-electron chi connectivity index (χ0n) is 29.5. The minimum absolute atomic E-state index is 0.246. The fourth-order valence-electron chi connectivity index (χ4n) is 5.58. The molecule has 0 bridgehead atoms. The molecular formula is C42H56O6. The van der Waals surface area contributed by atoms with Crippen LogP contribution in [-0.4, -0.2) is 30.6 Å². The van der Waals surface area contributed by atoms with Gasteiger partial charge in [0.1, 0.15) is 5.75 Å². The van der Waals surface area contributed by atoms with Crippen LogP contribution in [0.25, 0.3) is 11.1 Å². The second-order valence-corrected chi connectivity index (χ2v) is 12.7. The lowest BCUT2D eigenvalue weighted by atomic mass is 10.00. The van der Waals surface area contributed by atoms with E-state index >= 15 is 0 Å². The average Bonchev–Trinajstić information content (AvgIpc) is 3.11. The van der Waals surface area contributed by atoms with Crippen LogP contribution in [0.4, 0.5) is 0 Å². The molecule has 0 unspecified atom stereocenters. The molecule has 0 radical (unpaired) electrons. The Morgan fingerprint density at radius 2 is 1.00 bits per heavy atom. The van der Waals surface area contributed by atoms with Gasteiger partial charge in [-0.15, -0.1) is 0 Å². The molecule has 1 atom stereocenters. The molecular weight excluding hydrogens is 600 g/mol. The zero-order valence-corrected chi connectivity index (χ0v) is 29.5. The Bertz CT molecular complexity index is 1340. The first kappa shape index (κ1) is 38.5. The smallest absolute Gasteiger partial charge is 0.347 e. The fraction of sp³-hybridized carbons (Fsp3) is 0.500. The monoisotopic (exact) mass is 656 g/mol. The lowest BCUT2D eigenvalue weighted by molar-refractivity contribution is -0.153. The molecule has 6 heteroatoms. The van der Waals surface area contributed by atoms with Crippen molar-refractivity contribution in [3.63, 3.8) is 0 Å². The number of carbonyl (C=O) groups excluding carboxylic acids is 3. The number of aryl methyl sites for hydroxylation is 1. The largest absolute Gasteiger partial charge is 0.463 e. The first-order valence-electron chi connectivity index (χ1n) is 18.3. The molecule has 260 valence electrons. The highest BCUT2D eigenvalue weighted by atomic mass is 16.6. The van der Waals surface area contributed by atoms with E-state index < -0.39 is 24.0 Å². The van der Waals surface area contributed by atoms with Crippen molar-refractivity contribution in [2.45, 2.75) is 130 Å². The molecule has 3 aromatic carbocycles. The van der Waals surface area contributed by atoms with E-state index in [1.807, 2.05) is 12.1 Å². The summed E-state index contributed by atoms with van der Waals surface area (Å²) >= 11 is 0. The van der Waals surface area contributed by atoms with Gasteiger partial charge in [0, 0.05) is 0 Å². The molecule has 0 aliphatic heterocycles. The van der Waals surface area contributed by atoms with Gasteiger partial charge in [-0.25, -0.2) is 14.4 Å². The fourth-order valence-corrected chi connectivity index (χ4v) is 5.58. The van der Waals surface area contributed by atoms with Crippen LogP contribution in [0.5, 0.6) is 5.75 Å². The van der Waals surface area contributed by atoms with Gasteiger partial charge in [-0.1, -0.05) is 134 Å². The van der Waals surface area contributed by atoms with Gasteiger partial charge in [-0.3, -0.25) is 0 Å². The Hall–Kier alpha value is -3.93. The predicted octanol–water partition coefficient (Wildman–Crippen LogP) is 11.1. The molecule has 0 amide bonds. The van der Waals surface area contributed by atoms with Gasteiger partial charge in [-0.2, -0.15) is 0 Å². The standard InChI is InChI=1S/C42H56O6/c1-4-6-8-10-11-12-13-14-16-18-32-46-40(43)33(3)47-41(44)38-28-30-39(31-29-38)48-42(45)37-26-24-36(25-27-37)35-22-20-34(21-23-35)19-17-15-9-7-5-2/h20-31,33H,4-19,32H2,1-3H3/t33-/m0/s1. The second kappa shape index (κ2) is 22.6. The highest BCUT2D eigenvalue weighted by Gasteiger charge is 2.20. The van der Waals surface area contributed by atoms with Gasteiger partial charge in [-0.05, 0) is 79.3 Å². The van der Waals surface area contributed by atoms with Crippen molar-refractivity contribution in [1.82, 2.24) is 0 Å². The predicted molar refractivity (Wildman–Crippen MR) is 193 cm³/mol. The van der Waals surface area contributed by atoms with Crippen LogP contribution in [0.3, 0.4) is 0 Å². The molecule has 0 heterocycles. The van der Waals surface area contributed by atoms with Gasteiger partial charge in [0.15, 0.2) is 6.10 Å². The summed E-state index contributed by atoms with van der Waals surface area (Å²) in [5.74, 6) is -1.39. The third-order valence-corrected chi connectivity index (χ3v) is 8.64. The molecule has 0 fully saturated rings. The summed E-state index contributed by atoms with van der Waals surface area (Å²) in [4.78, 5) is 37.6. The number of esters is 3. The minimum Gasteiger partial charge on any atom is -0.463 e. The quantitative estimate of drug-likeness (QED) is 0.0574. The first-order valence-corrected chi connectivity index (χ1v) is 18.3. The van der Waals surface area contributed by atoms with E-state index in [2.05, 4.69) is 38.1 Å². The van der Waals surface area contributed by atoms with Crippen LogP contribution in [0, 0.1) is 0 Å². The Balaban J connectivity index is 1.35. The van der Waals surface area contributed by atoms with Crippen LogP contribution < -0.4 is 4.74 Å². The van der Waals surface area contributed by atoms with Crippen molar-refractivity contribution in [3.05, 3.63) is 89.5 Å². The van der Waals surface area contributed by atoms with Gasteiger partial charge in [0.05, 0.1) is 17.7 Å². The van der Waals surface area contributed by atoms with Gasteiger partial charge in [0.2, 0.25) is 0 Å².